The molecule has 0 spiro atoms. The lowest BCUT2D eigenvalue weighted by atomic mass is 9.68. The summed E-state index contributed by atoms with van der Waals surface area (Å²) in [6, 6.07) is 27.6. The molecular weight excluding hydrogens is 1690 g/mol. The summed E-state index contributed by atoms with van der Waals surface area (Å²) in [6.45, 7) is 14.7. The summed E-state index contributed by atoms with van der Waals surface area (Å²) in [5.74, 6) is -5.42. The number of aliphatic hydroxyl groups is 1. The van der Waals surface area contributed by atoms with E-state index in [1.54, 1.807) is 14.2 Å². The Kier molecular flexibility index (Phi) is 45.0. The molecule has 0 aromatic heterocycles. The summed E-state index contributed by atoms with van der Waals surface area (Å²) in [4.78, 5) is 154. The first-order valence-electron chi connectivity index (χ1n) is 43.2. The van der Waals surface area contributed by atoms with E-state index < -0.39 is 150 Å². The SMILES string of the molecule is COc1ccc(C(OCC2(C)CN(C(=O)CCCCCCCCC(=O)Nc3cc(C(=O)NCCOCCOCCOCCOC4OC(COC(C)=O)C(OC(C)=O)C(OC(C)=O)C4NC(C)=O)cc(C(=O)NCCOCCOCCOCCOC4OC(COC(C)=O)C(OC(C)=O)C(OC(C)=O)[C@H]4NC(C)=O)c3)CC2(C)CO)(c2ccccc2)c2ccc(OC)cc2)cc1. The van der Waals surface area contributed by atoms with Crippen molar-refractivity contribution < 1.29 is 153 Å². The number of esters is 6. The van der Waals surface area contributed by atoms with Gasteiger partial charge in [0.1, 0.15) is 54.6 Å². The fourth-order valence-corrected chi connectivity index (χ4v) is 14.9. The van der Waals surface area contributed by atoms with Gasteiger partial charge in [-0.05, 0) is 72.0 Å². The van der Waals surface area contributed by atoms with Crippen LogP contribution in [0.25, 0.3) is 0 Å². The summed E-state index contributed by atoms with van der Waals surface area (Å²) in [6.07, 6.45) is -5.14. The molecule has 0 radical (unpaired) electrons. The third-order valence-corrected chi connectivity index (χ3v) is 21.5. The van der Waals surface area contributed by atoms with Crippen LogP contribution in [0.5, 0.6) is 11.5 Å². The Labute approximate surface area is 751 Å². The first-order valence-corrected chi connectivity index (χ1v) is 43.2. The standard InChI is InChI=1S/C91H128N6O32/c1-59(99)94-79-83(126-65(7)105)81(124-63(5)103)75(53-121-61(3)101)128-87(79)119-48-46-117-44-42-115-40-38-113-36-34-92-85(109)67-50-68(86(110)93-35-37-114-39-41-116-43-45-118-47-49-120-88-80(95-60(2)100)84(127-66(8)106)82(125-64(6)104)76(129-88)54-122-62(4)102)52-72(51-67)96-77(107)24-20-15-13-14-16-21-25-78(108)97-55-89(9,57-98)90(10,56-97)58-123-91(69-22-18-17-19-23-69,70-26-30-73(111-11)31-27-70)71-28-32-74(112-12)33-29-71/h17-19,22-23,26-33,50-52,75-76,79-84,87-88,98H,13-16,20-21,24-25,34-49,53-58H2,1-12H3,(H,92,109)(H,93,110)(H,94,99)(H,95,100)(H,96,107)/t75?,76?,79-,80?,81?,82?,83?,84?,87?,88?,89?,90?/m1/s1. The number of anilines is 1. The first-order chi connectivity index (χ1) is 61.8. The van der Waals surface area contributed by atoms with Crippen molar-refractivity contribution >= 4 is 76.9 Å². The van der Waals surface area contributed by atoms with Gasteiger partial charge in [-0.25, -0.2) is 0 Å². The molecule has 3 aliphatic rings. The molecule has 3 aliphatic heterocycles. The van der Waals surface area contributed by atoms with Crippen LogP contribution >= 0.6 is 0 Å². The minimum absolute atomic E-state index is 0.00175. The summed E-state index contributed by atoms with van der Waals surface area (Å²) < 4.78 is 108. The molecule has 6 N–H and O–H groups in total. The number of amides is 6. The predicted molar refractivity (Wildman–Crippen MR) is 460 cm³/mol. The van der Waals surface area contributed by atoms with Gasteiger partial charge in [0.05, 0.1) is 120 Å². The van der Waals surface area contributed by atoms with Crippen molar-refractivity contribution in [1.82, 2.24) is 26.2 Å². The molecule has 0 aliphatic carbocycles. The van der Waals surface area contributed by atoms with Gasteiger partial charge in [-0.15, -0.1) is 0 Å². The molecule has 6 amide bonds. The largest absolute Gasteiger partial charge is 0.497 e. The third kappa shape index (κ3) is 34.5. The second-order valence-electron chi connectivity index (χ2n) is 31.7. The van der Waals surface area contributed by atoms with E-state index in [1.807, 2.05) is 90.7 Å². The number of aliphatic hydroxyl groups excluding tert-OH is 1. The number of likely N-dealkylation sites (tertiary alicyclic amines) is 1. The summed E-state index contributed by atoms with van der Waals surface area (Å²) in [5, 5.41) is 24.8. The van der Waals surface area contributed by atoms with Crippen LogP contribution in [-0.2, 0) is 134 Å². The average Bonchev–Trinajstić information content (AvgIpc) is 1.69. The number of unbranched alkanes of at least 4 members (excludes halogenated alkanes) is 5. The van der Waals surface area contributed by atoms with Gasteiger partial charge in [-0.3, -0.25) is 57.5 Å². The highest BCUT2D eigenvalue weighted by Crippen LogP contribution is 2.50. The van der Waals surface area contributed by atoms with Gasteiger partial charge in [0, 0.05) is 122 Å². The maximum Gasteiger partial charge on any atom is 0.303 e. The van der Waals surface area contributed by atoms with E-state index >= 15 is 0 Å². The zero-order valence-electron chi connectivity index (χ0n) is 75.8. The van der Waals surface area contributed by atoms with Crippen molar-refractivity contribution in [2.45, 2.75) is 187 Å². The minimum Gasteiger partial charge on any atom is -0.497 e. The van der Waals surface area contributed by atoms with Crippen LogP contribution in [-0.4, -0.2) is 302 Å². The molecule has 4 aromatic rings. The molecule has 0 bridgehead atoms. The molecule has 714 valence electrons. The van der Waals surface area contributed by atoms with Gasteiger partial charge in [-0.2, -0.15) is 0 Å². The fraction of sp³-hybridized carbons (Fsp3) is 0.604. The van der Waals surface area contributed by atoms with Crippen LogP contribution in [0.3, 0.4) is 0 Å². The summed E-state index contributed by atoms with van der Waals surface area (Å²) in [7, 11) is 3.24. The van der Waals surface area contributed by atoms with E-state index in [4.69, 9.17) is 90.0 Å². The smallest absolute Gasteiger partial charge is 0.303 e. The quantitative estimate of drug-likeness (QED) is 0.0137. The van der Waals surface area contributed by atoms with Crippen molar-refractivity contribution in [1.29, 1.82) is 0 Å². The number of carbonyl (C=O) groups excluding carboxylic acids is 12. The van der Waals surface area contributed by atoms with Crippen molar-refractivity contribution in [3.05, 3.63) is 125 Å². The molecule has 11 unspecified atom stereocenters. The number of hydrogen-bond acceptors (Lipinski definition) is 32. The van der Waals surface area contributed by atoms with Crippen molar-refractivity contribution in [2.75, 3.05) is 165 Å². The van der Waals surface area contributed by atoms with Gasteiger partial charge < -0.3 is 127 Å². The molecular formula is C91H128N6O32. The molecule has 129 heavy (non-hydrogen) atoms. The number of ether oxygens (including phenoxy) is 19. The molecule has 38 nitrogen and oxygen atoms in total. The van der Waals surface area contributed by atoms with Crippen LogP contribution in [0.2, 0.25) is 0 Å². The van der Waals surface area contributed by atoms with E-state index in [9.17, 15) is 62.6 Å². The number of methoxy groups -OCH3 is 2. The monoisotopic (exact) mass is 1820 g/mol. The maximum atomic E-state index is 14.1. The average molecular weight is 1820 g/mol. The summed E-state index contributed by atoms with van der Waals surface area (Å²) >= 11 is 0. The maximum absolute atomic E-state index is 14.1. The van der Waals surface area contributed by atoms with Gasteiger partial charge in [-0.1, -0.05) is 94.1 Å². The van der Waals surface area contributed by atoms with Crippen molar-refractivity contribution in [2.24, 2.45) is 10.8 Å². The number of nitrogens with one attached hydrogen (secondary N) is 5. The van der Waals surface area contributed by atoms with E-state index in [0.29, 0.717) is 43.9 Å². The second-order valence-corrected chi connectivity index (χ2v) is 31.7. The highest BCUT2D eigenvalue weighted by molar-refractivity contribution is 6.02. The minimum atomic E-state index is -1.29. The number of hydrogen-bond donors (Lipinski definition) is 6. The second kappa shape index (κ2) is 55.0. The number of carbonyl (C=O) groups is 12. The Hall–Kier alpha value is -10.4. The van der Waals surface area contributed by atoms with Crippen LogP contribution in [0.1, 0.15) is 158 Å². The zero-order chi connectivity index (χ0) is 93.9. The molecule has 4 aromatic carbocycles. The van der Waals surface area contributed by atoms with Gasteiger partial charge in [0.2, 0.25) is 23.6 Å². The highest BCUT2D eigenvalue weighted by Gasteiger charge is 2.56. The Balaban J connectivity index is 0.857. The third-order valence-electron chi connectivity index (χ3n) is 21.5. The van der Waals surface area contributed by atoms with Gasteiger partial charge >= 0.3 is 35.8 Å². The fourth-order valence-electron chi connectivity index (χ4n) is 14.9. The topological polar surface area (TPSA) is 464 Å². The molecule has 3 fully saturated rings. The molecule has 38 heteroatoms. The van der Waals surface area contributed by atoms with Crippen LogP contribution in [0.15, 0.2) is 97.1 Å². The molecule has 3 heterocycles. The number of rotatable bonds is 57. The van der Waals surface area contributed by atoms with Crippen LogP contribution in [0, 0.1) is 10.8 Å². The van der Waals surface area contributed by atoms with E-state index in [-0.39, 0.29) is 154 Å². The molecule has 0 saturated carbocycles. The van der Waals surface area contributed by atoms with E-state index in [0.717, 1.165) is 70.1 Å². The Bertz CT molecular complexity index is 4030. The van der Waals surface area contributed by atoms with Gasteiger partial charge in [0.25, 0.3) is 11.8 Å². The number of benzene rings is 4. The zero-order valence-corrected chi connectivity index (χ0v) is 75.8. The van der Waals surface area contributed by atoms with Crippen LogP contribution < -0.4 is 36.1 Å². The lowest BCUT2D eigenvalue weighted by Crippen LogP contribution is -2.66. The molecule has 12 atom stereocenters. The van der Waals surface area contributed by atoms with Crippen molar-refractivity contribution in [3.63, 3.8) is 0 Å². The molecule has 7 rings (SSSR count). The van der Waals surface area contributed by atoms with Crippen molar-refractivity contribution in [3.8, 4) is 11.5 Å². The highest BCUT2D eigenvalue weighted by atomic mass is 16.7. The molecule has 3 saturated heterocycles. The Morgan fingerprint density at radius 3 is 1.20 bits per heavy atom. The Morgan fingerprint density at radius 1 is 0.442 bits per heavy atom. The Morgan fingerprint density at radius 2 is 0.814 bits per heavy atom. The van der Waals surface area contributed by atoms with Gasteiger partial charge in [0.15, 0.2) is 37.0 Å². The van der Waals surface area contributed by atoms with Crippen LogP contribution in [0.4, 0.5) is 5.69 Å². The lowest BCUT2D eigenvalue weighted by Gasteiger charge is -2.44. The van der Waals surface area contributed by atoms with E-state index in [1.165, 1.54) is 45.9 Å². The number of nitrogens with zero attached hydrogens (tertiary/aromatic N) is 1. The van der Waals surface area contributed by atoms with E-state index in [2.05, 4.69) is 33.5 Å². The lowest BCUT2D eigenvalue weighted by molar-refractivity contribution is -0.279. The predicted octanol–water partition coefficient (Wildman–Crippen LogP) is 5.52. The summed E-state index contributed by atoms with van der Waals surface area (Å²) in [5.41, 5.74) is 0.512. The normalized spacial score (nSPS) is 21.3. The first kappa shape index (κ1) is 106.